The van der Waals surface area contributed by atoms with Gasteiger partial charge in [0, 0.05) is 51.9 Å². The number of hydrogen-bond acceptors (Lipinski definition) is 5. The zero-order valence-electron chi connectivity index (χ0n) is 20.4. The maximum absolute atomic E-state index is 5.38. The normalized spacial score (nSPS) is 15.5. The number of aliphatic imine (C=N–C) groups is 1. The largest absolute Gasteiger partial charge is 0.359 e. The fraction of sp³-hybridized carbons (Fsp3) is 0.600. The van der Waals surface area contributed by atoms with Crippen LogP contribution >= 0.6 is 24.0 Å². The third kappa shape index (κ3) is 10.0. The highest BCUT2D eigenvalue weighted by Crippen LogP contribution is 2.14. The Balaban J connectivity index is 0.00000385. The van der Waals surface area contributed by atoms with Crippen LogP contribution in [0.25, 0.3) is 0 Å². The molecule has 0 unspecified atom stereocenters. The van der Waals surface area contributed by atoms with Crippen LogP contribution in [0.5, 0.6) is 0 Å². The molecule has 1 fully saturated rings. The molecule has 33 heavy (non-hydrogen) atoms. The van der Waals surface area contributed by atoms with Crippen molar-refractivity contribution in [2.75, 3.05) is 45.8 Å². The summed E-state index contributed by atoms with van der Waals surface area (Å²) in [6, 6.07) is 12.8. The van der Waals surface area contributed by atoms with E-state index in [0.717, 1.165) is 56.6 Å². The summed E-state index contributed by atoms with van der Waals surface area (Å²) >= 11 is 0. The van der Waals surface area contributed by atoms with Gasteiger partial charge in [0.05, 0.1) is 5.69 Å². The highest BCUT2D eigenvalue weighted by molar-refractivity contribution is 14.0. The van der Waals surface area contributed by atoms with Crippen LogP contribution in [0.15, 0.2) is 45.9 Å². The van der Waals surface area contributed by atoms with Gasteiger partial charge in [-0.1, -0.05) is 49.3 Å². The van der Waals surface area contributed by atoms with E-state index in [1.165, 1.54) is 31.6 Å². The standard InChI is InChI=1S/C25H40N6O.HI/c1-4-26-25(28-19-23-18-24(21(2)3)29-32-23)27-12-8-9-13-30-14-16-31(17-15-30)20-22-10-6-5-7-11-22;/h5-7,10-11,18,21H,4,8-9,12-17,19-20H2,1-3H3,(H2,26,27,28);1H. The molecule has 0 aliphatic carbocycles. The smallest absolute Gasteiger partial charge is 0.191 e. The molecule has 0 atom stereocenters. The summed E-state index contributed by atoms with van der Waals surface area (Å²) in [5.41, 5.74) is 2.39. The second-order valence-electron chi connectivity index (χ2n) is 8.81. The van der Waals surface area contributed by atoms with Crippen molar-refractivity contribution in [3.05, 3.63) is 53.4 Å². The molecule has 0 amide bonds. The average molecular weight is 569 g/mol. The van der Waals surface area contributed by atoms with Gasteiger partial charge in [0.15, 0.2) is 11.7 Å². The molecule has 8 heteroatoms. The van der Waals surface area contributed by atoms with Crippen LogP contribution in [-0.4, -0.2) is 66.7 Å². The van der Waals surface area contributed by atoms with E-state index >= 15 is 0 Å². The highest BCUT2D eigenvalue weighted by atomic mass is 127. The Hall–Kier alpha value is -1.65. The van der Waals surface area contributed by atoms with Gasteiger partial charge >= 0.3 is 0 Å². The van der Waals surface area contributed by atoms with Crippen LogP contribution in [-0.2, 0) is 13.1 Å². The van der Waals surface area contributed by atoms with Gasteiger partial charge in [-0.2, -0.15) is 0 Å². The number of unbranched alkanes of at least 4 members (excludes halogenated alkanes) is 1. The van der Waals surface area contributed by atoms with Crippen molar-refractivity contribution in [3.63, 3.8) is 0 Å². The zero-order chi connectivity index (χ0) is 22.6. The first-order valence-electron chi connectivity index (χ1n) is 12.1. The van der Waals surface area contributed by atoms with Gasteiger partial charge in [-0.25, -0.2) is 4.99 Å². The van der Waals surface area contributed by atoms with Crippen LogP contribution in [0.2, 0.25) is 0 Å². The quantitative estimate of drug-likeness (QED) is 0.185. The van der Waals surface area contributed by atoms with E-state index in [2.05, 4.69) is 81.7 Å². The third-order valence-corrected chi connectivity index (χ3v) is 5.81. The molecule has 7 nitrogen and oxygen atoms in total. The lowest BCUT2D eigenvalue weighted by Crippen LogP contribution is -2.46. The van der Waals surface area contributed by atoms with Crippen molar-refractivity contribution in [2.45, 2.75) is 52.6 Å². The van der Waals surface area contributed by atoms with Gasteiger partial charge in [0.2, 0.25) is 0 Å². The molecule has 0 saturated carbocycles. The number of nitrogens with zero attached hydrogens (tertiary/aromatic N) is 4. The van der Waals surface area contributed by atoms with Gasteiger partial charge in [-0.3, -0.25) is 4.90 Å². The van der Waals surface area contributed by atoms with E-state index in [0.29, 0.717) is 12.5 Å². The first kappa shape index (κ1) is 27.6. The monoisotopic (exact) mass is 568 g/mol. The molecule has 0 spiro atoms. The Morgan fingerprint density at radius 2 is 1.79 bits per heavy atom. The lowest BCUT2D eigenvalue weighted by Gasteiger charge is -2.34. The maximum atomic E-state index is 5.38. The van der Waals surface area contributed by atoms with Crippen LogP contribution in [0.3, 0.4) is 0 Å². The summed E-state index contributed by atoms with van der Waals surface area (Å²) < 4.78 is 5.38. The Bertz CT molecular complexity index is 802. The first-order valence-corrected chi connectivity index (χ1v) is 12.1. The molecule has 2 aromatic rings. The number of benzene rings is 1. The molecular weight excluding hydrogens is 527 g/mol. The molecule has 1 saturated heterocycles. The summed E-state index contributed by atoms with van der Waals surface area (Å²) in [6.07, 6.45) is 2.33. The minimum Gasteiger partial charge on any atom is -0.359 e. The predicted octanol–water partition coefficient (Wildman–Crippen LogP) is 4.07. The van der Waals surface area contributed by atoms with E-state index in [-0.39, 0.29) is 24.0 Å². The molecule has 1 aromatic heterocycles. The van der Waals surface area contributed by atoms with Gasteiger partial charge in [0.1, 0.15) is 6.54 Å². The third-order valence-electron chi connectivity index (χ3n) is 5.81. The summed E-state index contributed by atoms with van der Waals surface area (Å²) in [7, 11) is 0. The fourth-order valence-corrected chi connectivity index (χ4v) is 3.85. The molecule has 2 heterocycles. The van der Waals surface area contributed by atoms with Gasteiger partial charge < -0.3 is 20.1 Å². The zero-order valence-corrected chi connectivity index (χ0v) is 22.8. The minimum absolute atomic E-state index is 0. The van der Waals surface area contributed by atoms with Crippen LogP contribution < -0.4 is 10.6 Å². The molecule has 0 bridgehead atoms. The van der Waals surface area contributed by atoms with Gasteiger partial charge in [-0.05, 0) is 37.8 Å². The average Bonchev–Trinajstić information content (AvgIpc) is 3.28. The van der Waals surface area contributed by atoms with E-state index in [1.54, 1.807) is 0 Å². The van der Waals surface area contributed by atoms with Crippen molar-refractivity contribution in [1.82, 2.24) is 25.6 Å². The first-order chi connectivity index (χ1) is 15.6. The van der Waals surface area contributed by atoms with E-state index in [1.807, 2.05) is 6.07 Å². The Morgan fingerprint density at radius 1 is 1.06 bits per heavy atom. The topological polar surface area (TPSA) is 68.9 Å². The van der Waals surface area contributed by atoms with Crippen molar-refractivity contribution in [3.8, 4) is 0 Å². The van der Waals surface area contributed by atoms with Gasteiger partial charge in [0.25, 0.3) is 0 Å². The minimum atomic E-state index is 0. The highest BCUT2D eigenvalue weighted by Gasteiger charge is 2.16. The lowest BCUT2D eigenvalue weighted by molar-refractivity contribution is 0.126. The van der Waals surface area contributed by atoms with Gasteiger partial charge in [-0.15, -0.1) is 24.0 Å². The van der Waals surface area contributed by atoms with Crippen molar-refractivity contribution < 1.29 is 4.52 Å². The van der Waals surface area contributed by atoms with E-state index in [9.17, 15) is 0 Å². The number of rotatable bonds is 11. The van der Waals surface area contributed by atoms with E-state index < -0.39 is 0 Å². The molecule has 184 valence electrons. The predicted molar refractivity (Wildman–Crippen MR) is 146 cm³/mol. The van der Waals surface area contributed by atoms with Crippen molar-refractivity contribution in [2.24, 2.45) is 4.99 Å². The SMILES string of the molecule is CCNC(=NCc1cc(C(C)C)no1)NCCCCN1CCN(Cc2ccccc2)CC1.I. The van der Waals surface area contributed by atoms with E-state index in [4.69, 9.17) is 4.52 Å². The Kier molecular flexibility index (Phi) is 12.8. The molecule has 1 aliphatic rings. The molecule has 2 N–H and O–H groups in total. The Labute approximate surface area is 216 Å². The molecule has 1 aromatic carbocycles. The summed E-state index contributed by atoms with van der Waals surface area (Å²) in [4.78, 5) is 9.79. The maximum Gasteiger partial charge on any atom is 0.191 e. The Morgan fingerprint density at radius 3 is 2.45 bits per heavy atom. The number of guanidine groups is 1. The fourth-order valence-electron chi connectivity index (χ4n) is 3.85. The molecular formula is C25H41IN6O. The number of halogens is 1. The van der Waals surface area contributed by atoms with Crippen LogP contribution in [0, 0.1) is 0 Å². The number of aromatic nitrogens is 1. The number of hydrogen-bond donors (Lipinski definition) is 2. The number of piperazine rings is 1. The lowest BCUT2D eigenvalue weighted by atomic mass is 10.1. The number of nitrogens with one attached hydrogen (secondary N) is 2. The second kappa shape index (κ2) is 15.3. The molecule has 1 aliphatic heterocycles. The molecule has 0 radical (unpaired) electrons. The molecule has 3 rings (SSSR count). The summed E-state index contributed by atoms with van der Waals surface area (Å²) in [6.45, 7) is 15.5. The summed E-state index contributed by atoms with van der Waals surface area (Å²) in [5.74, 6) is 2.01. The van der Waals surface area contributed by atoms with Crippen LogP contribution in [0.4, 0.5) is 0 Å². The second-order valence-corrected chi connectivity index (χ2v) is 8.81. The van der Waals surface area contributed by atoms with Crippen LogP contribution in [0.1, 0.15) is 56.5 Å². The summed E-state index contributed by atoms with van der Waals surface area (Å²) in [5, 5.41) is 10.9. The van der Waals surface area contributed by atoms with Crippen molar-refractivity contribution >= 4 is 29.9 Å². The van der Waals surface area contributed by atoms with Crippen molar-refractivity contribution in [1.29, 1.82) is 0 Å².